The fourth-order valence-electron chi connectivity index (χ4n) is 3.47. The topological polar surface area (TPSA) is 78.4 Å². The Morgan fingerprint density at radius 3 is 2.18 bits per heavy atom. The third-order valence-electron chi connectivity index (χ3n) is 5.23. The molecular weight excluding hydrogens is 416 g/mol. The molecule has 0 saturated heterocycles. The summed E-state index contributed by atoms with van der Waals surface area (Å²) in [5.41, 5.74) is 2.49. The molecule has 6 heteroatoms. The van der Waals surface area contributed by atoms with Gasteiger partial charge in [-0.25, -0.2) is 14.8 Å². The molecule has 1 aromatic heterocycles. The number of unbranched alkanes of at least 4 members (excludes halogenated alkanes) is 3. The molecular formula is C27H30N2O4. The van der Waals surface area contributed by atoms with Crippen molar-refractivity contribution in [2.45, 2.75) is 58.5 Å². The number of carbonyl (C=O) groups excluding carboxylic acids is 2. The number of carbonyl (C=O) groups is 2. The van der Waals surface area contributed by atoms with Crippen LogP contribution < -0.4 is 4.74 Å². The van der Waals surface area contributed by atoms with E-state index in [2.05, 4.69) is 9.97 Å². The SMILES string of the molecule is CC(=O)Oc1ccc(-c2cnc(CCCCCCC(C)OC(=O)c3ccccc3)nc2)cc1. The molecule has 0 aliphatic carbocycles. The number of hydrogen-bond donors (Lipinski definition) is 0. The van der Waals surface area contributed by atoms with Gasteiger partial charge in [-0.1, -0.05) is 43.2 Å². The number of aryl methyl sites for hydroxylation is 1. The Morgan fingerprint density at radius 2 is 1.52 bits per heavy atom. The first-order valence-electron chi connectivity index (χ1n) is 11.4. The summed E-state index contributed by atoms with van der Waals surface area (Å²) >= 11 is 0. The van der Waals surface area contributed by atoms with Crippen molar-refractivity contribution < 1.29 is 19.1 Å². The summed E-state index contributed by atoms with van der Waals surface area (Å²) in [5, 5.41) is 0. The molecule has 0 saturated carbocycles. The fourth-order valence-corrected chi connectivity index (χ4v) is 3.47. The molecule has 33 heavy (non-hydrogen) atoms. The highest BCUT2D eigenvalue weighted by molar-refractivity contribution is 5.89. The van der Waals surface area contributed by atoms with Crippen LogP contribution in [0.2, 0.25) is 0 Å². The van der Waals surface area contributed by atoms with Gasteiger partial charge in [0.05, 0.1) is 11.7 Å². The number of aromatic nitrogens is 2. The van der Waals surface area contributed by atoms with E-state index in [1.807, 2.05) is 49.6 Å². The van der Waals surface area contributed by atoms with E-state index in [1.54, 1.807) is 24.3 Å². The normalized spacial score (nSPS) is 11.6. The third kappa shape index (κ3) is 8.15. The van der Waals surface area contributed by atoms with Crippen LogP contribution in [0.15, 0.2) is 67.0 Å². The molecule has 0 N–H and O–H groups in total. The standard InChI is InChI=1S/C27H30N2O4/c1-20(32-27(31)23-11-7-5-8-12-23)10-6-3-4-9-13-26-28-18-24(19-29-26)22-14-16-25(17-15-22)33-21(2)30/h5,7-8,11-12,14-20H,3-4,6,9-10,13H2,1-2H3. The lowest BCUT2D eigenvalue weighted by molar-refractivity contribution is -0.131. The van der Waals surface area contributed by atoms with Crippen LogP contribution >= 0.6 is 0 Å². The van der Waals surface area contributed by atoms with Crippen LogP contribution in [-0.4, -0.2) is 28.0 Å². The number of esters is 2. The van der Waals surface area contributed by atoms with Gasteiger partial charge in [-0.3, -0.25) is 4.79 Å². The number of ether oxygens (including phenoxy) is 2. The minimum absolute atomic E-state index is 0.0864. The number of rotatable bonds is 11. The summed E-state index contributed by atoms with van der Waals surface area (Å²) in [4.78, 5) is 32.0. The fraction of sp³-hybridized carbons (Fsp3) is 0.333. The first kappa shape index (κ1) is 24.1. The van der Waals surface area contributed by atoms with Gasteiger partial charge in [-0.2, -0.15) is 0 Å². The maximum atomic E-state index is 12.1. The van der Waals surface area contributed by atoms with Gasteiger partial charge in [-0.05, 0) is 56.0 Å². The zero-order valence-corrected chi connectivity index (χ0v) is 19.2. The highest BCUT2D eigenvalue weighted by Crippen LogP contribution is 2.21. The molecule has 0 radical (unpaired) electrons. The van der Waals surface area contributed by atoms with Crippen LogP contribution in [0, 0.1) is 0 Å². The van der Waals surface area contributed by atoms with E-state index in [0.717, 1.165) is 55.5 Å². The lowest BCUT2D eigenvalue weighted by Crippen LogP contribution is -2.14. The smallest absolute Gasteiger partial charge is 0.338 e. The predicted molar refractivity (Wildman–Crippen MR) is 127 cm³/mol. The minimum Gasteiger partial charge on any atom is -0.459 e. The van der Waals surface area contributed by atoms with Gasteiger partial charge in [0.1, 0.15) is 11.6 Å². The van der Waals surface area contributed by atoms with Crippen molar-refractivity contribution in [1.29, 1.82) is 0 Å². The number of benzene rings is 2. The Kier molecular flexibility index (Phi) is 9.12. The van der Waals surface area contributed by atoms with Crippen molar-refractivity contribution in [3.8, 4) is 16.9 Å². The van der Waals surface area contributed by atoms with Crippen molar-refractivity contribution in [2.75, 3.05) is 0 Å². The van der Waals surface area contributed by atoms with E-state index in [4.69, 9.17) is 9.47 Å². The Bertz CT molecular complexity index is 1020. The molecule has 3 rings (SSSR count). The summed E-state index contributed by atoms with van der Waals surface area (Å²) in [6.45, 7) is 3.32. The van der Waals surface area contributed by atoms with Crippen molar-refractivity contribution >= 4 is 11.9 Å². The molecule has 0 bridgehead atoms. The summed E-state index contributed by atoms with van der Waals surface area (Å²) < 4.78 is 10.6. The average Bonchev–Trinajstić information content (AvgIpc) is 2.82. The minimum atomic E-state index is -0.337. The van der Waals surface area contributed by atoms with Crippen LogP contribution in [0.3, 0.4) is 0 Å². The zero-order valence-electron chi connectivity index (χ0n) is 19.2. The molecule has 1 heterocycles. The molecule has 3 aromatic rings. The molecule has 0 aliphatic rings. The van der Waals surface area contributed by atoms with Crippen LogP contribution in [0.25, 0.3) is 11.1 Å². The summed E-state index contributed by atoms with van der Waals surface area (Å²) in [6, 6.07) is 16.4. The van der Waals surface area contributed by atoms with Crippen molar-refractivity contribution in [3.63, 3.8) is 0 Å². The van der Waals surface area contributed by atoms with Gasteiger partial charge in [0.25, 0.3) is 0 Å². The molecule has 172 valence electrons. The van der Waals surface area contributed by atoms with Crippen molar-refractivity contribution in [3.05, 3.63) is 78.4 Å². The Balaban J connectivity index is 1.32. The summed E-state index contributed by atoms with van der Waals surface area (Å²) in [5.74, 6) is 0.758. The Hall–Kier alpha value is -3.54. The zero-order chi connectivity index (χ0) is 23.5. The van der Waals surface area contributed by atoms with E-state index in [1.165, 1.54) is 6.92 Å². The van der Waals surface area contributed by atoms with E-state index < -0.39 is 0 Å². The predicted octanol–water partition coefficient (Wildman–Crippen LogP) is 5.81. The molecule has 1 unspecified atom stereocenters. The van der Waals surface area contributed by atoms with Gasteiger partial charge in [0, 0.05) is 31.3 Å². The van der Waals surface area contributed by atoms with E-state index in [0.29, 0.717) is 11.3 Å². The van der Waals surface area contributed by atoms with E-state index in [9.17, 15) is 9.59 Å². The number of nitrogens with zero attached hydrogens (tertiary/aromatic N) is 2. The molecule has 0 amide bonds. The van der Waals surface area contributed by atoms with Gasteiger partial charge in [0.2, 0.25) is 0 Å². The van der Waals surface area contributed by atoms with Crippen LogP contribution in [0.4, 0.5) is 0 Å². The van der Waals surface area contributed by atoms with Crippen molar-refractivity contribution in [2.24, 2.45) is 0 Å². The molecule has 0 aliphatic heterocycles. The molecule has 6 nitrogen and oxygen atoms in total. The van der Waals surface area contributed by atoms with Gasteiger partial charge in [-0.15, -0.1) is 0 Å². The average molecular weight is 447 g/mol. The Morgan fingerprint density at radius 1 is 0.848 bits per heavy atom. The third-order valence-corrected chi connectivity index (χ3v) is 5.23. The second-order valence-corrected chi connectivity index (χ2v) is 8.04. The highest BCUT2D eigenvalue weighted by atomic mass is 16.5. The second kappa shape index (κ2) is 12.5. The Labute approximate surface area is 195 Å². The van der Waals surface area contributed by atoms with E-state index >= 15 is 0 Å². The number of hydrogen-bond acceptors (Lipinski definition) is 6. The molecule has 0 spiro atoms. The first-order chi connectivity index (χ1) is 16.0. The molecule has 2 aromatic carbocycles. The monoisotopic (exact) mass is 446 g/mol. The van der Waals surface area contributed by atoms with Gasteiger partial charge < -0.3 is 9.47 Å². The largest absolute Gasteiger partial charge is 0.459 e. The van der Waals surface area contributed by atoms with E-state index in [-0.39, 0.29) is 18.0 Å². The van der Waals surface area contributed by atoms with Crippen LogP contribution in [-0.2, 0) is 16.0 Å². The quantitative estimate of drug-likeness (QED) is 0.210. The maximum Gasteiger partial charge on any atom is 0.338 e. The van der Waals surface area contributed by atoms with Crippen LogP contribution in [0.5, 0.6) is 5.75 Å². The van der Waals surface area contributed by atoms with Crippen LogP contribution in [0.1, 0.15) is 62.1 Å². The van der Waals surface area contributed by atoms with Gasteiger partial charge in [0.15, 0.2) is 0 Å². The van der Waals surface area contributed by atoms with Crippen molar-refractivity contribution in [1.82, 2.24) is 9.97 Å². The summed E-state index contributed by atoms with van der Waals surface area (Å²) in [6.07, 6.45) is 9.47. The molecule has 1 atom stereocenters. The second-order valence-electron chi connectivity index (χ2n) is 8.04. The highest BCUT2D eigenvalue weighted by Gasteiger charge is 2.11. The first-order valence-corrected chi connectivity index (χ1v) is 11.4. The van der Waals surface area contributed by atoms with Gasteiger partial charge >= 0.3 is 11.9 Å². The lowest BCUT2D eigenvalue weighted by atomic mass is 10.1. The summed E-state index contributed by atoms with van der Waals surface area (Å²) in [7, 11) is 0. The lowest BCUT2D eigenvalue weighted by Gasteiger charge is -2.13. The maximum absolute atomic E-state index is 12.1. The molecule has 0 fully saturated rings.